The van der Waals surface area contributed by atoms with Crippen molar-refractivity contribution in [1.82, 2.24) is 0 Å². The number of carbonyl (C=O) groups excluding carboxylic acids is 1. The lowest BCUT2D eigenvalue weighted by atomic mass is 10.1. The molecule has 1 N–H and O–H groups in total. The fourth-order valence-corrected chi connectivity index (χ4v) is 5.16. The largest absolute Gasteiger partial charge is 0.497 e. The van der Waals surface area contributed by atoms with Crippen LogP contribution in [0.1, 0.15) is 16.7 Å². The highest BCUT2D eigenvalue weighted by Crippen LogP contribution is 2.38. The van der Waals surface area contributed by atoms with Crippen LogP contribution in [0.5, 0.6) is 11.5 Å². The molecule has 1 aliphatic heterocycles. The first kappa shape index (κ1) is 22.7. The Morgan fingerprint density at radius 2 is 1.67 bits per heavy atom. The molecular weight excluding hydrogens is 440 g/mol. The van der Waals surface area contributed by atoms with Crippen LogP contribution in [0, 0.1) is 20.8 Å². The fraction of sp³-hybridized carbons (Fsp3) is 0.240. The first-order valence-electron chi connectivity index (χ1n) is 10.5. The molecule has 0 saturated carbocycles. The maximum absolute atomic E-state index is 13.6. The van der Waals surface area contributed by atoms with E-state index in [0.29, 0.717) is 22.9 Å². The molecule has 33 heavy (non-hydrogen) atoms. The van der Waals surface area contributed by atoms with Crippen molar-refractivity contribution in [3.05, 3.63) is 77.4 Å². The van der Waals surface area contributed by atoms with Gasteiger partial charge in [-0.05, 0) is 79.9 Å². The van der Waals surface area contributed by atoms with Crippen LogP contribution in [0.3, 0.4) is 0 Å². The topological polar surface area (TPSA) is 84.9 Å². The molecule has 3 aromatic rings. The van der Waals surface area contributed by atoms with E-state index in [0.717, 1.165) is 16.7 Å². The second kappa shape index (κ2) is 8.78. The summed E-state index contributed by atoms with van der Waals surface area (Å²) in [5, 5.41) is 2.89. The Labute approximate surface area is 194 Å². The SMILES string of the molecule is COc1ccc(S(=O)(=O)N2CC(C(=O)Nc3cc(C)ccc3C)Oc3cc(C)ccc32)cc1. The number of sulfonamides is 1. The van der Waals surface area contributed by atoms with E-state index in [-0.39, 0.29) is 11.4 Å². The van der Waals surface area contributed by atoms with E-state index in [2.05, 4.69) is 5.32 Å². The molecule has 1 heterocycles. The average molecular weight is 467 g/mol. The molecule has 1 unspecified atom stereocenters. The first-order chi connectivity index (χ1) is 15.7. The van der Waals surface area contributed by atoms with Crippen molar-refractivity contribution in [2.75, 3.05) is 23.3 Å². The molecule has 7 nitrogen and oxygen atoms in total. The molecule has 0 fully saturated rings. The highest BCUT2D eigenvalue weighted by Gasteiger charge is 2.37. The Kier molecular flexibility index (Phi) is 6.03. The second-order valence-electron chi connectivity index (χ2n) is 8.10. The van der Waals surface area contributed by atoms with Crippen molar-refractivity contribution in [2.45, 2.75) is 31.8 Å². The zero-order chi connectivity index (χ0) is 23.8. The van der Waals surface area contributed by atoms with Crippen molar-refractivity contribution in [1.29, 1.82) is 0 Å². The summed E-state index contributed by atoms with van der Waals surface area (Å²) in [7, 11) is -2.43. The maximum atomic E-state index is 13.6. The minimum atomic E-state index is -3.95. The molecular formula is C25H26N2O5S. The van der Waals surface area contributed by atoms with Gasteiger partial charge < -0.3 is 14.8 Å². The van der Waals surface area contributed by atoms with Crippen molar-refractivity contribution < 1.29 is 22.7 Å². The maximum Gasteiger partial charge on any atom is 0.267 e. The molecule has 0 spiro atoms. The van der Waals surface area contributed by atoms with Crippen LogP contribution in [-0.4, -0.2) is 34.1 Å². The Morgan fingerprint density at radius 1 is 1.00 bits per heavy atom. The Hall–Kier alpha value is -3.52. The van der Waals surface area contributed by atoms with E-state index < -0.39 is 22.0 Å². The zero-order valence-electron chi connectivity index (χ0n) is 19.0. The monoisotopic (exact) mass is 466 g/mol. The number of methoxy groups -OCH3 is 1. The van der Waals surface area contributed by atoms with E-state index >= 15 is 0 Å². The summed E-state index contributed by atoms with van der Waals surface area (Å²) < 4.78 is 39.5. The summed E-state index contributed by atoms with van der Waals surface area (Å²) in [4.78, 5) is 13.2. The quantitative estimate of drug-likeness (QED) is 0.609. The zero-order valence-corrected chi connectivity index (χ0v) is 19.8. The first-order valence-corrected chi connectivity index (χ1v) is 12.0. The number of fused-ring (bicyclic) bond motifs is 1. The Morgan fingerprint density at radius 3 is 2.36 bits per heavy atom. The lowest BCUT2D eigenvalue weighted by Crippen LogP contribution is -2.48. The normalized spacial score (nSPS) is 15.4. The number of nitrogens with one attached hydrogen (secondary N) is 1. The Balaban J connectivity index is 1.70. The van der Waals surface area contributed by atoms with Crippen LogP contribution in [0.15, 0.2) is 65.6 Å². The third-order valence-corrected chi connectivity index (χ3v) is 7.37. The van der Waals surface area contributed by atoms with E-state index in [1.54, 1.807) is 24.3 Å². The summed E-state index contributed by atoms with van der Waals surface area (Å²) >= 11 is 0. The van der Waals surface area contributed by atoms with Gasteiger partial charge in [-0.3, -0.25) is 9.10 Å². The van der Waals surface area contributed by atoms with Gasteiger partial charge in [0.05, 0.1) is 24.2 Å². The van der Waals surface area contributed by atoms with Crippen LogP contribution >= 0.6 is 0 Å². The van der Waals surface area contributed by atoms with Crippen molar-refractivity contribution in [3.63, 3.8) is 0 Å². The number of aryl methyl sites for hydroxylation is 3. The molecule has 4 rings (SSSR count). The molecule has 0 saturated heterocycles. The highest BCUT2D eigenvalue weighted by atomic mass is 32.2. The molecule has 8 heteroatoms. The van der Waals surface area contributed by atoms with Gasteiger partial charge >= 0.3 is 0 Å². The van der Waals surface area contributed by atoms with Gasteiger partial charge in [-0.25, -0.2) is 8.42 Å². The molecule has 0 aliphatic carbocycles. The molecule has 0 bridgehead atoms. The van der Waals surface area contributed by atoms with E-state index in [4.69, 9.17) is 9.47 Å². The third-order valence-electron chi connectivity index (χ3n) is 5.58. The van der Waals surface area contributed by atoms with Gasteiger partial charge in [0.2, 0.25) is 0 Å². The number of ether oxygens (including phenoxy) is 2. The van der Waals surface area contributed by atoms with Gasteiger partial charge in [0, 0.05) is 5.69 Å². The van der Waals surface area contributed by atoms with Crippen LogP contribution in [0.2, 0.25) is 0 Å². The number of amides is 1. The molecule has 0 aromatic heterocycles. The summed E-state index contributed by atoms with van der Waals surface area (Å²) in [6.45, 7) is 5.57. The highest BCUT2D eigenvalue weighted by molar-refractivity contribution is 7.92. The number of benzene rings is 3. The van der Waals surface area contributed by atoms with Gasteiger partial charge in [-0.1, -0.05) is 18.2 Å². The predicted octanol–water partition coefficient (Wildman–Crippen LogP) is 4.22. The average Bonchev–Trinajstić information content (AvgIpc) is 2.80. The molecule has 172 valence electrons. The van der Waals surface area contributed by atoms with Gasteiger partial charge in [0.15, 0.2) is 6.10 Å². The number of anilines is 2. The summed E-state index contributed by atoms with van der Waals surface area (Å²) in [5.74, 6) is 0.489. The molecule has 0 radical (unpaired) electrons. The van der Waals surface area contributed by atoms with Gasteiger partial charge in [-0.2, -0.15) is 0 Å². The summed E-state index contributed by atoms with van der Waals surface area (Å²) in [6, 6.07) is 17.2. The van der Waals surface area contributed by atoms with Crippen molar-refractivity contribution >= 4 is 27.3 Å². The van der Waals surface area contributed by atoms with Crippen LogP contribution in [0.25, 0.3) is 0 Å². The number of hydrogen-bond donors (Lipinski definition) is 1. The van der Waals surface area contributed by atoms with Gasteiger partial charge in [-0.15, -0.1) is 0 Å². The Bertz CT molecular complexity index is 1300. The molecule has 1 aliphatic rings. The lowest BCUT2D eigenvalue weighted by Gasteiger charge is -2.35. The lowest BCUT2D eigenvalue weighted by molar-refractivity contribution is -0.122. The summed E-state index contributed by atoms with van der Waals surface area (Å²) in [6.07, 6.45) is -1.02. The minimum Gasteiger partial charge on any atom is -0.497 e. The number of nitrogens with zero attached hydrogens (tertiary/aromatic N) is 1. The number of rotatable bonds is 5. The number of carbonyl (C=O) groups is 1. The van der Waals surface area contributed by atoms with Gasteiger partial charge in [0.1, 0.15) is 11.5 Å². The molecule has 3 aromatic carbocycles. The number of hydrogen-bond acceptors (Lipinski definition) is 5. The van der Waals surface area contributed by atoms with Crippen LogP contribution < -0.4 is 19.1 Å². The van der Waals surface area contributed by atoms with Crippen molar-refractivity contribution in [2.24, 2.45) is 0 Å². The van der Waals surface area contributed by atoms with Crippen LogP contribution in [0.4, 0.5) is 11.4 Å². The molecule has 1 amide bonds. The minimum absolute atomic E-state index is 0.102. The predicted molar refractivity (Wildman–Crippen MR) is 128 cm³/mol. The van der Waals surface area contributed by atoms with E-state index in [9.17, 15) is 13.2 Å². The molecule has 1 atom stereocenters. The van der Waals surface area contributed by atoms with Crippen LogP contribution in [-0.2, 0) is 14.8 Å². The second-order valence-corrected chi connectivity index (χ2v) is 9.96. The van der Waals surface area contributed by atoms with E-state index in [1.165, 1.54) is 23.5 Å². The smallest absolute Gasteiger partial charge is 0.267 e. The third kappa shape index (κ3) is 4.52. The fourth-order valence-electron chi connectivity index (χ4n) is 3.68. The van der Waals surface area contributed by atoms with E-state index in [1.807, 2.05) is 45.0 Å². The standard InChI is InChI=1S/C25H26N2O5S/c1-16-5-7-18(3)21(13-16)26-25(28)24-15-27(22-12-6-17(2)14-23(22)32-24)33(29,30)20-10-8-19(31-4)9-11-20/h5-14,24H,15H2,1-4H3,(H,26,28). The van der Waals surface area contributed by atoms with Crippen molar-refractivity contribution in [3.8, 4) is 11.5 Å². The van der Waals surface area contributed by atoms with Gasteiger partial charge in [0.25, 0.3) is 15.9 Å². The summed E-state index contributed by atoms with van der Waals surface area (Å²) in [5.41, 5.74) is 3.87.